The van der Waals surface area contributed by atoms with Gasteiger partial charge in [0.25, 0.3) is 0 Å². The Morgan fingerprint density at radius 3 is 1.82 bits per heavy atom. The number of halogens is 2. The van der Waals surface area contributed by atoms with Gasteiger partial charge in [0.1, 0.15) is 0 Å². The minimum atomic E-state index is 0. The monoisotopic (exact) mass is 492 g/mol. The maximum atomic E-state index is 2.58. The van der Waals surface area contributed by atoms with Gasteiger partial charge in [0.2, 0.25) is 0 Å². The van der Waals surface area contributed by atoms with Crippen LogP contribution in [0.25, 0.3) is 22.0 Å². The fourth-order valence-electron chi connectivity index (χ4n) is 4.52. The molecule has 0 unspecified atom stereocenters. The molecule has 3 aromatic rings. The average molecular weight is 494 g/mol. The molecule has 0 aliphatic rings. The molecule has 6 heteroatoms. The number of nitrogens with zero attached hydrogens (tertiary/aromatic N) is 2. The molecule has 2 aromatic carbocycles. The second-order valence-corrected chi connectivity index (χ2v) is 8.64. The van der Waals surface area contributed by atoms with Crippen molar-refractivity contribution < 1.29 is 34.6 Å². The summed E-state index contributed by atoms with van der Waals surface area (Å²) in [5.74, 6) is 0. The maximum absolute atomic E-state index is 2.58. The number of nitrogens with one attached hydrogen (secondary N) is 2. The van der Waals surface area contributed by atoms with Crippen LogP contribution in [0.4, 0.5) is 0 Å². The molecule has 1 aromatic heterocycles. The first kappa shape index (κ1) is 29.3. The van der Waals surface area contributed by atoms with Crippen LogP contribution in [-0.4, -0.2) is 57.0 Å². The lowest BCUT2D eigenvalue weighted by atomic mass is 10.0. The minimum Gasteiger partial charge on any atom is -1.00 e. The third-order valence-electron chi connectivity index (χ3n) is 6.78. The minimum absolute atomic E-state index is 0. The maximum Gasteiger partial charge on any atom is 0.0965 e. The van der Waals surface area contributed by atoms with Gasteiger partial charge in [-0.25, -0.2) is 0 Å². The van der Waals surface area contributed by atoms with Crippen LogP contribution in [0, 0.1) is 6.92 Å². The zero-order valence-corrected chi connectivity index (χ0v) is 22.5. The van der Waals surface area contributed by atoms with Crippen molar-refractivity contribution in [3.63, 3.8) is 0 Å². The summed E-state index contributed by atoms with van der Waals surface area (Å²) in [6, 6.07) is 17.7. The number of hydrogen-bond donors (Lipinski definition) is 2. The van der Waals surface area contributed by atoms with Crippen molar-refractivity contribution in [1.29, 1.82) is 0 Å². The lowest BCUT2D eigenvalue weighted by Crippen LogP contribution is -3.12. The van der Waals surface area contributed by atoms with E-state index in [0.717, 1.165) is 13.1 Å². The highest BCUT2D eigenvalue weighted by molar-refractivity contribution is 5.96. The Kier molecular flexibility index (Phi) is 12.9. The van der Waals surface area contributed by atoms with Crippen LogP contribution in [0.5, 0.6) is 0 Å². The van der Waals surface area contributed by atoms with Crippen LogP contribution < -0.4 is 39.6 Å². The smallest absolute Gasteiger partial charge is 0.0965 e. The van der Waals surface area contributed by atoms with E-state index in [4.69, 9.17) is 0 Å². The van der Waals surface area contributed by atoms with Crippen molar-refractivity contribution in [2.24, 2.45) is 0 Å². The van der Waals surface area contributed by atoms with Gasteiger partial charge in [-0.05, 0) is 52.3 Å². The molecule has 0 radical (unpaired) electrons. The van der Waals surface area contributed by atoms with E-state index in [1.165, 1.54) is 66.9 Å². The predicted molar refractivity (Wildman–Crippen MR) is 134 cm³/mol. The van der Waals surface area contributed by atoms with E-state index in [0.29, 0.717) is 0 Å². The standard InChI is InChI=1S/C27H40N4.2ClH/c1-6-28(7-2)17-19-30(20-18-29(8-3)9-4)31-22-26(24-13-11-10-12-14-24)25-21-23(5)15-16-27(25)31;;/h10-16,21-22H,6-9,17-20H2,1-5H3;2*1H. The topological polar surface area (TPSA) is 17.1 Å². The zero-order chi connectivity index (χ0) is 22.2. The molecular weight excluding hydrogens is 451 g/mol. The molecule has 0 bridgehead atoms. The highest BCUT2D eigenvalue weighted by Gasteiger charge is 2.18. The van der Waals surface area contributed by atoms with Crippen molar-refractivity contribution in [2.45, 2.75) is 34.6 Å². The Labute approximate surface area is 213 Å². The molecule has 0 aliphatic heterocycles. The van der Waals surface area contributed by atoms with Crippen molar-refractivity contribution in [1.82, 2.24) is 4.68 Å². The summed E-state index contributed by atoms with van der Waals surface area (Å²) in [6.07, 6.45) is 2.37. The van der Waals surface area contributed by atoms with Crippen molar-refractivity contribution in [2.75, 3.05) is 57.4 Å². The number of hydrogen-bond acceptors (Lipinski definition) is 1. The lowest BCUT2D eigenvalue weighted by molar-refractivity contribution is -0.896. The number of likely N-dealkylation sites (N-methyl/N-ethyl adjacent to an activating group) is 2. The second kappa shape index (κ2) is 14.5. The summed E-state index contributed by atoms with van der Waals surface area (Å²) in [5, 5.41) is 3.93. The van der Waals surface area contributed by atoms with Gasteiger partial charge < -0.3 is 39.6 Å². The van der Waals surface area contributed by atoms with Gasteiger partial charge in [-0.2, -0.15) is 0 Å². The Bertz CT molecular complexity index is 918. The molecule has 0 saturated heterocycles. The highest BCUT2D eigenvalue weighted by Crippen LogP contribution is 2.31. The number of rotatable bonds is 12. The Morgan fingerprint density at radius 2 is 1.30 bits per heavy atom. The second-order valence-electron chi connectivity index (χ2n) is 8.64. The number of quaternary nitrogens is 2. The van der Waals surface area contributed by atoms with E-state index >= 15 is 0 Å². The van der Waals surface area contributed by atoms with E-state index in [1.54, 1.807) is 9.80 Å². The Hall–Kier alpha value is -1.72. The fourth-order valence-corrected chi connectivity index (χ4v) is 4.52. The van der Waals surface area contributed by atoms with Crippen LogP contribution in [0.15, 0.2) is 54.7 Å². The average Bonchev–Trinajstić information content (AvgIpc) is 3.17. The third-order valence-corrected chi connectivity index (χ3v) is 6.78. The third kappa shape index (κ3) is 7.38. The normalized spacial score (nSPS) is 11.0. The van der Waals surface area contributed by atoms with Gasteiger partial charge in [-0.1, -0.05) is 42.0 Å². The largest absolute Gasteiger partial charge is 1.00 e. The first-order valence-electron chi connectivity index (χ1n) is 12.2. The molecular formula is C27H42Cl2N4. The number of benzene rings is 2. The zero-order valence-electron chi connectivity index (χ0n) is 21.0. The van der Waals surface area contributed by atoms with Crippen molar-refractivity contribution >= 4 is 10.9 Å². The number of fused-ring (bicyclic) bond motifs is 1. The fraction of sp³-hybridized carbons (Fsp3) is 0.481. The Balaban J connectivity index is 0.00000272. The summed E-state index contributed by atoms with van der Waals surface area (Å²) in [5.41, 5.74) is 5.25. The van der Waals surface area contributed by atoms with Gasteiger partial charge in [-0.3, -0.25) is 4.68 Å². The molecule has 0 amide bonds. The first-order valence-corrected chi connectivity index (χ1v) is 12.2. The van der Waals surface area contributed by atoms with Gasteiger partial charge >= 0.3 is 0 Å². The quantitative estimate of drug-likeness (QED) is 0.267. The van der Waals surface area contributed by atoms with E-state index in [2.05, 4.69) is 99.0 Å². The molecule has 2 N–H and O–H groups in total. The molecule has 0 fully saturated rings. The van der Waals surface area contributed by atoms with Crippen LogP contribution in [0.2, 0.25) is 0 Å². The molecule has 33 heavy (non-hydrogen) atoms. The number of aromatic nitrogens is 1. The van der Waals surface area contributed by atoms with E-state index in [-0.39, 0.29) is 24.8 Å². The molecule has 4 nitrogen and oxygen atoms in total. The lowest BCUT2D eigenvalue weighted by Gasteiger charge is -2.29. The van der Waals surface area contributed by atoms with Crippen LogP contribution in [0.1, 0.15) is 33.3 Å². The highest BCUT2D eigenvalue weighted by atomic mass is 35.5. The molecule has 0 spiro atoms. The predicted octanol–water partition coefficient (Wildman–Crippen LogP) is -3.59. The van der Waals surface area contributed by atoms with E-state index in [1.807, 2.05) is 0 Å². The summed E-state index contributed by atoms with van der Waals surface area (Å²) >= 11 is 0. The summed E-state index contributed by atoms with van der Waals surface area (Å²) in [6.45, 7) is 20.6. The summed E-state index contributed by atoms with van der Waals surface area (Å²) < 4.78 is 2.45. The molecule has 3 rings (SSSR count). The molecule has 1 heterocycles. The van der Waals surface area contributed by atoms with Crippen LogP contribution in [-0.2, 0) is 0 Å². The van der Waals surface area contributed by atoms with Gasteiger partial charge in [0, 0.05) is 17.1 Å². The van der Waals surface area contributed by atoms with E-state index < -0.39 is 0 Å². The SMILES string of the molecule is CC[NH+](CC)CCN(CC[NH+](CC)CC)n1cc(-c2ccccc2)c2cc(C)ccc21.[Cl-].[Cl-]. The first-order chi connectivity index (χ1) is 15.1. The summed E-state index contributed by atoms with van der Waals surface area (Å²) in [7, 11) is 0. The van der Waals surface area contributed by atoms with Crippen LogP contribution in [0.3, 0.4) is 0 Å². The Morgan fingerprint density at radius 1 is 0.758 bits per heavy atom. The van der Waals surface area contributed by atoms with Gasteiger partial charge in [0.05, 0.1) is 57.9 Å². The van der Waals surface area contributed by atoms with Crippen molar-refractivity contribution in [3.8, 4) is 11.1 Å². The van der Waals surface area contributed by atoms with Gasteiger partial charge in [-0.15, -0.1) is 0 Å². The number of aryl methyl sites for hydroxylation is 1. The van der Waals surface area contributed by atoms with Crippen LogP contribution >= 0.6 is 0 Å². The summed E-state index contributed by atoms with van der Waals surface area (Å²) in [4.78, 5) is 3.33. The van der Waals surface area contributed by atoms with Gasteiger partial charge in [0.15, 0.2) is 0 Å². The molecule has 0 saturated carbocycles. The molecule has 0 atom stereocenters. The molecule has 184 valence electrons. The van der Waals surface area contributed by atoms with Crippen molar-refractivity contribution in [3.05, 3.63) is 60.3 Å². The molecule has 0 aliphatic carbocycles. The van der Waals surface area contributed by atoms with E-state index in [9.17, 15) is 0 Å².